The maximum atomic E-state index is 5.51. The first kappa shape index (κ1) is 13.4. The third-order valence-corrected chi connectivity index (χ3v) is 3.46. The molecule has 0 amide bonds. The summed E-state index contributed by atoms with van der Waals surface area (Å²) in [6, 6.07) is 7.02. The van der Waals surface area contributed by atoms with Crippen LogP contribution in [0.15, 0.2) is 18.2 Å². The Labute approximate surface area is 109 Å². The summed E-state index contributed by atoms with van der Waals surface area (Å²) < 4.78 is 10.7. The standard InChI is InChI=1S/C15H23NO2/c1-3-14(11-17-2)16-8-6-12-4-5-15-13(10-12)7-9-18-15/h4-5,10,14,16H,3,6-9,11H2,1-2H3. The van der Waals surface area contributed by atoms with E-state index in [9.17, 15) is 0 Å². The molecule has 0 radical (unpaired) electrons. The maximum absolute atomic E-state index is 5.51. The van der Waals surface area contributed by atoms with Crippen molar-refractivity contribution in [1.82, 2.24) is 5.32 Å². The highest BCUT2D eigenvalue weighted by atomic mass is 16.5. The maximum Gasteiger partial charge on any atom is 0.122 e. The monoisotopic (exact) mass is 249 g/mol. The molecule has 0 aliphatic carbocycles. The van der Waals surface area contributed by atoms with E-state index >= 15 is 0 Å². The molecule has 0 aromatic heterocycles. The summed E-state index contributed by atoms with van der Waals surface area (Å²) in [5.41, 5.74) is 2.75. The molecule has 0 saturated carbocycles. The zero-order chi connectivity index (χ0) is 12.8. The van der Waals surface area contributed by atoms with Crippen molar-refractivity contribution >= 4 is 0 Å². The highest BCUT2D eigenvalue weighted by molar-refractivity contribution is 5.39. The quantitative estimate of drug-likeness (QED) is 0.803. The van der Waals surface area contributed by atoms with E-state index in [1.54, 1.807) is 7.11 Å². The minimum Gasteiger partial charge on any atom is -0.493 e. The Morgan fingerprint density at radius 2 is 2.33 bits per heavy atom. The van der Waals surface area contributed by atoms with Crippen LogP contribution in [0.4, 0.5) is 0 Å². The molecule has 0 spiro atoms. The molecule has 3 heteroatoms. The van der Waals surface area contributed by atoms with Gasteiger partial charge in [-0.1, -0.05) is 19.1 Å². The van der Waals surface area contributed by atoms with E-state index in [0.29, 0.717) is 6.04 Å². The van der Waals surface area contributed by atoms with Gasteiger partial charge in [0.1, 0.15) is 5.75 Å². The van der Waals surface area contributed by atoms with Gasteiger partial charge in [-0.15, -0.1) is 0 Å². The summed E-state index contributed by atoms with van der Waals surface area (Å²) in [7, 11) is 1.75. The van der Waals surface area contributed by atoms with Crippen LogP contribution < -0.4 is 10.1 Å². The molecule has 0 fully saturated rings. The summed E-state index contributed by atoms with van der Waals surface area (Å²) in [4.78, 5) is 0. The minimum atomic E-state index is 0.466. The highest BCUT2D eigenvalue weighted by Crippen LogP contribution is 2.25. The van der Waals surface area contributed by atoms with E-state index in [-0.39, 0.29) is 0 Å². The van der Waals surface area contributed by atoms with E-state index < -0.39 is 0 Å². The predicted molar refractivity (Wildman–Crippen MR) is 73.3 cm³/mol. The van der Waals surface area contributed by atoms with Crippen LogP contribution in [0.3, 0.4) is 0 Å². The average Bonchev–Trinajstić information content (AvgIpc) is 2.85. The lowest BCUT2D eigenvalue weighted by Crippen LogP contribution is -2.34. The van der Waals surface area contributed by atoms with Gasteiger partial charge < -0.3 is 14.8 Å². The number of hydrogen-bond acceptors (Lipinski definition) is 3. The van der Waals surface area contributed by atoms with Crippen molar-refractivity contribution in [2.45, 2.75) is 32.2 Å². The lowest BCUT2D eigenvalue weighted by Gasteiger charge is -2.15. The van der Waals surface area contributed by atoms with Gasteiger partial charge in [0.2, 0.25) is 0 Å². The lowest BCUT2D eigenvalue weighted by atomic mass is 10.1. The van der Waals surface area contributed by atoms with Crippen LogP contribution in [-0.2, 0) is 17.6 Å². The Morgan fingerprint density at radius 3 is 3.11 bits per heavy atom. The molecule has 0 bridgehead atoms. The second kappa shape index (κ2) is 6.76. The van der Waals surface area contributed by atoms with Crippen molar-refractivity contribution in [2.75, 3.05) is 26.9 Å². The molecule has 1 atom stereocenters. The molecule has 1 aliphatic heterocycles. The molecule has 1 aromatic carbocycles. The molecule has 0 saturated heterocycles. The zero-order valence-corrected chi connectivity index (χ0v) is 11.4. The molecule has 1 aromatic rings. The van der Waals surface area contributed by atoms with Crippen molar-refractivity contribution in [3.8, 4) is 5.75 Å². The van der Waals surface area contributed by atoms with E-state index in [2.05, 4.69) is 30.4 Å². The number of hydrogen-bond donors (Lipinski definition) is 1. The molecule has 2 rings (SSSR count). The van der Waals surface area contributed by atoms with Gasteiger partial charge in [0.15, 0.2) is 0 Å². The van der Waals surface area contributed by atoms with Crippen LogP contribution in [0.2, 0.25) is 0 Å². The van der Waals surface area contributed by atoms with Gasteiger partial charge in [0.25, 0.3) is 0 Å². The topological polar surface area (TPSA) is 30.5 Å². The van der Waals surface area contributed by atoms with Gasteiger partial charge in [-0.2, -0.15) is 0 Å². The van der Waals surface area contributed by atoms with Crippen molar-refractivity contribution in [3.05, 3.63) is 29.3 Å². The van der Waals surface area contributed by atoms with Gasteiger partial charge in [0, 0.05) is 19.6 Å². The normalized spacial score (nSPS) is 15.2. The fourth-order valence-corrected chi connectivity index (χ4v) is 2.34. The molecule has 1 heterocycles. The van der Waals surface area contributed by atoms with E-state index in [1.165, 1.54) is 11.1 Å². The summed E-state index contributed by atoms with van der Waals surface area (Å²) in [5, 5.41) is 3.53. The Balaban J connectivity index is 1.79. The number of methoxy groups -OCH3 is 1. The van der Waals surface area contributed by atoms with Crippen LogP contribution in [-0.4, -0.2) is 32.9 Å². The summed E-state index contributed by atoms with van der Waals surface area (Å²) >= 11 is 0. The van der Waals surface area contributed by atoms with E-state index in [1.807, 2.05) is 0 Å². The first-order chi connectivity index (χ1) is 8.83. The Kier molecular flexibility index (Phi) is 5.02. The molecule has 3 nitrogen and oxygen atoms in total. The second-order valence-corrected chi connectivity index (χ2v) is 4.81. The van der Waals surface area contributed by atoms with Crippen LogP contribution >= 0.6 is 0 Å². The van der Waals surface area contributed by atoms with Gasteiger partial charge in [0.05, 0.1) is 13.2 Å². The number of rotatable bonds is 7. The largest absolute Gasteiger partial charge is 0.493 e. The van der Waals surface area contributed by atoms with Crippen LogP contribution in [0.25, 0.3) is 0 Å². The fraction of sp³-hybridized carbons (Fsp3) is 0.600. The number of nitrogens with one attached hydrogen (secondary N) is 1. The smallest absolute Gasteiger partial charge is 0.122 e. The van der Waals surface area contributed by atoms with Crippen LogP contribution in [0.5, 0.6) is 5.75 Å². The van der Waals surface area contributed by atoms with Crippen LogP contribution in [0, 0.1) is 0 Å². The Hall–Kier alpha value is -1.06. The second-order valence-electron chi connectivity index (χ2n) is 4.81. The van der Waals surface area contributed by atoms with Crippen molar-refractivity contribution in [1.29, 1.82) is 0 Å². The molecular formula is C15H23NO2. The fourth-order valence-electron chi connectivity index (χ4n) is 2.34. The highest BCUT2D eigenvalue weighted by Gasteiger charge is 2.12. The number of benzene rings is 1. The van der Waals surface area contributed by atoms with E-state index in [0.717, 1.165) is 44.8 Å². The third-order valence-electron chi connectivity index (χ3n) is 3.46. The molecule has 1 aliphatic rings. The molecule has 1 unspecified atom stereocenters. The first-order valence-corrected chi connectivity index (χ1v) is 6.80. The summed E-state index contributed by atoms with van der Waals surface area (Å²) in [6.07, 6.45) is 3.22. The molecule has 1 N–H and O–H groups in total. The lowest BCUT2D eigenvalue weighted by molar-refractivity contribution is 0.165. The number of fused-ring (bicyclic) bond motifs is 1. The number of ether oxygens (including phenoxy) is 2. The average molecular weight is 249 g/mol. The Morgan fingerprint density at radius 1 is 1.44 bits per heavy atom. The zero-order valence-electron chi connectivity index (χ0n) is 11.4. The van der Waals surface area contributed by atoms with E-state index in [4.69, 9.17) is 9.47 Å². The first-order valence-electron chi connectivity index (χ1n) is 6.80. The molecular weight excluding hydrogens is 226 g/mol. The van der Waals surface area contributed by atoms with Crippen LogP contribution in [0.1, 0.15) is 24.5 Å². The van der Waals surface area contributed by atoms with Gasteiger partial charge in [-0.3, -0.25) is 0 Å². The molecule has 100 valence electrons. The van der Waals surface area contributed by atoms with Gasteiger partial charge in [-0.25, -0.2) is 0 Å². The third kappa shape index (κ3) is 3.47. The van der Waals surface area contributed by atoms with Gasteiger partial charge >= 0.3 is 0 Å². The van der Waals surface area contributed by atoms with Crippen molar-refractivity contribution < 1.29 is 9.47 Å². The minimum absolute atomic E-state index is 0.466. The Bertz CT molecular complexity index is 379. The van der Waals surface area contributed by atoms with Crippen molar-refractivity contribution in [2.24, 2.45) is 0 Å². The van der Waals surface area contributed by atoms with Crippen molar-refractivity contribution in [3.63, 3.8) is 0 Å². The predicted octanol–water partition coefficient (Wildman–Crippen LogP) is 2.18. The SMILES string of the molecule is CCC(COC)NCCc1ccc2c(c1)CCO2. The summed E-state index contributed by atoms with van der Waals surface area (Å²) in [5.74, 6) is 1.07. The molecule has 18 heavy (non-hydrogen) atoms. The van der Waals surface area contributed by atoms with Gasteiger partial charge in [-0.05, 0) is 36.6 Å². The summed E-state index contributed by atoms with van der Waals surface area (Å²) in [6.45, 7) is 4.81.